The van der Waals surface area contributed by atoms with Gasteiger partial charge in [0.25, 0.3) is 0 Å². The number of aromatic hydroxyl groups is 1. The van der Waals surface area contributed by atoms with Crippen LogP contribution in [0.4, 0.5) is 0 Å². The predicted molar refractivity (Wildman–Crippen MR) is 136 cm³/mol. The third-order valence-electron chi connectivity index (χ3n) is 6.43. The first-order valence-electron chi connectivity index (χ1n) is 10.9. The van der Waals surface area contributed by atoms with Crippen LogP contribution in [0.3, 0.4) is 0 Å². The van der Waals surface area contributed by atoms with Gasteiger partial charge in [-0.25, -0.2) is 0 Å². The molecule has 6 aromatic rings. The van der Waals surface area contributed by atoms with Gasteiger partial charge in [0.15, 0.2) is 0 Å². The number of phenolic OH excluding ortho intramolecular Hbond substituents is 1. The minimum atomic E-state index is 0.254. The Morgan fingerprint density at radius 1 is 0.576 bits per heavy atom. The van der Waals surface area contributed by atoms with Crippen molar-refractivity contribution in [3.05, 3.63) is 91.0 Å². The van der Waals surface area contributed by atoms with Crippen molar-refractivity contribution in [2.24, 2.45) is 0 Å². The van der Waals surface area contributed by atoms with Crippen molar-refractivity contribution in [2.75, 3.05) is 14.2 Å². The second kappa shape index (κ2) is 7.42. The van der Waals surface area contributed by atoms with Gasteiger partial charge in [0.2, 0.25) is 0 Å². The van der Waals surface area contributed by atoms with E-state index in [1.54, 1.807) is 14.2 Å². The molecule has 0 saturated carbocycles. The topological polar surface area (TPSA) is 38.7 Å². The molecule has 6 rings (SSSR count). The number of methoxy groups -OCH3 is 2. The maximum absolute atomic E-state index is 10.4. The lowest BCUT2D eigenvalue weighted by Gasteiger charge is -2.23. The minimum absolute atomic E-state index is 0.254. The molecule has 0 atom stereocenters. The van der Waals surface area contributed by atoms with E-state index >= 15 is 0 Å². The number of hydrogen-bond donors (Lipinski definition) is 1. The number of rotatable bonds is 4. The SMILES string of the molecule is COc1c(-c2ccccc2)c(OC)c2c(-c3ccccc3)cc3cc(O)cc4ccc1c2c43. The third kappa shape index (κ3) is 2.82. The monoisotopic (exact) mass is 430 g/mol. The number of hydrogen-bond acceptors (Lipinski definition) is 3. The van der Waals surface area contributed by atoms with Gasteiger partial charge in [-0.1, -0.05) is 66.7 Å². The van der Waals surface area contributed by atoms with Crippen molar-refractivity contribution < 1.29 is 14.6 Å². The summed E-state index contributed by atoms with van der Waals surface area (Å²) in [4.78, 5) is 0. The maximum atomic E-state index is 10.4. The van der Waals surface area contributed by atoms with E-state index < -0.39 is 0 Å². The van der Waals surface area contributed by atoms with Crippen molar-refractivity contribution in [2.45, 2.75) is 0 Å². The summed E-state index contributed by atoms with van der Waals surface area (Å²) in [6.07, 6.45) is 0. The van der Waals surface area contributed by atoms with Gasteiger partial charge in [-0.15, -0.1) is 0 Å². The highest BCUT2D eigenvalue weighted by molar-refractivity contribution is 6.30. The van der Waals surface area contributed by atoms with E-state index in [1.165, 1.54) is 0 Å². The fourth-order valence-corrected chi connectivity index (χ4v) is 5.13. The molecule has 160 valence electrons. The highest BCUT2D eigenvalue weighted by Crippen LogP contribution is 2.53. The Bertz CT molecular complexity index is 1620. The van der Waals surface area contributed by atoms with Gasteiger partial charge in [0.1, 0.15) is 17.2 Å². The molecule has 0 aliphatic carbocycles. The van der Waals surface area contributed by atoms with E-state index in [4.69, 9.17) is 9.47 Å². The van der Waals surface area contributed by atoms with Crippen LogP contribution in [0.1, 0.15) is 0 Å². The average molecular weight is 431 g/mol. The molecular weight excluding hydrogens is 408 g/mol. The molecule has 0 unspecified atom stereocenters. The van der Waals surface area contributed by atoms with E-state index in [1.807, 2.05) is 48.5 Å². The molecule has 0 fully saturated rings. The first-order chi connectivity index (χ1) is 16.2. The lowest BCUT2D eigenvalue weighted by atomic mass is 9.85. The van der Waals surface area contributed by atoms with Crippen molar-refractivity contribution in [1.29, 1.82) is 0 Å². The zero-order valence-electron chi connectivity index (χ0n) is 18.4. The van der Waals surface area contributed by atoms with Crippen LogP contribution in [0.15, 0.2) is 91.0 Å². The quantitative estimate of drug-likeness (QED) is 0.292. The zero-order valence-corrected chi connectivity index (χ0v) is 18.4. The molecule has 0 saturated heterocycles. The lowest BCUT2D eigenvalue weighted by Crippen LogP contribution is -1.99. The van der Waals surface area contributed by atoms with Crippen molar-refractivity contribution in [1.82, 2.24) is 0 Å². The van der Waals surface area contributed by atoms with Crippen LogP contribution in [-0.4, -0.2) is 19.3 Å². The standard InChI is InChI=1S/C30H22O3/c1-32-29-23-14-13-20-15-22(31)16-21-17-24(18-9-5-3-6-10-18)28(27(23)25(20)21)30(33-2)26(29)19-11-7-4-8-12-19/h3-17,31H,1-2H3. The van der Waals surface area contributed by atoms with Gasteiger partial charge < -0.3 is 14.6 Å². The zero-order chi connectivity index (χ0) is 22.5. The first-order valence-corrected chi connectivity index (χ1v) is 10.9. The largest absolute Gasteiger partial charge is 0.508 e. The van der Waals surface area contributed by atoms with Crippen molar-refractivity contribution >= 4 is 32.3 Å². The third-order valence-corrected chi connectivity index (χ3v) is 6.43. The van der Waals surface area contributed by atoms with Crippen LogP contribution >= 0.6 is 0 Å². The van der Waals surface area contributed by atoms with Crippen LogP contribution in [0.5, 0.6) is 17.2 Å². The molecule has 1 N–H and O–H groups in total. The summed E-state index contributed by atoms with van der Waals surface area (Å²) < 4.78 is 12.2. The molecule has 0 radical (unpaired) electrons. The molecule has 0 aromatic heterocycles. The molecule has 3 nitrogen and oxygen atoms in total. The summed E-state index contributed by atoms with van der Waals surface area (Å²) in [5.41, 5.74) is 4.12. The first kappa shape index (κ1) is 19.4. The average Bonchev–Trinajstić information content (AvgIpc) is 2.86. The van der Waals surface area contributed by atoms with Gasteiger partial charge in [-0.2, -0.15) is 0 Å². The number of ether oxygens (including phenoxy) is 2. The summed E-state index contributed by atoms with van der Waals surface area (Å²) in [6, 6.07) is 30.5. The minimum Gasteiger partial charge on any atom is -0.508 e. The Balaban J connectivity index is 1.93. The second-order valence-electron chi connectivity index (χ2n) is 8.23. The van der Waals surface area contributed by atoms with Crippen LogP contribution < -0.4 is 9.47 Å². The molecule has 0 aliphatic rings. The normalized spacial score (nSPS) is 11.5. The van der Waals surface area contributed by atoms with Crippen molar-refractivity contribution in [3.63, 3.8) is 0 Å². The molecule has 3 heteroatoms. The molecule has 0 spiro atoms. The van der Waals surface area contributed by atoms with E-state index in [0.29, 0.717) is 0 Å². The number of phenols is 1. The molecule has 33 heavy (non-hydrogen) atoms. The molecular formula is C30H22O3. The molecule has 6 aromatic carbocycles. The van der Waals surface area contributed by atoms with E-state index in [9.17, 15) is 5.11 Å². The van der Waals surface area contributed by atoms with Gasteiger partial charge in [0.05, 0.1) is 19.8 Å². The molecule has 0 amide bonds. The van der Waals surface area contributed by atoms with Gasteiger partial charge in [-0.3, -0.25) is 0 Å². The fourth-order valence-electron chi connectivity index (χ4n) is 5.13. The van der Waals surface area contributed by atoms with E-state index in [-0.39, 0.29) is 5.75 Å². The van der Waals surface area contributed by atoms with Crippen molar-refractivity contribution in [3.8, 4) is 39.5 Å². The predicted octanol–water partition coefficient (Wildman–Crippen LogP) is 7.64. The molecule has 0 aliphatic heterocycles. The van der Waals surface area contributed by atoms with Crippen LogP contribution in [0, 0.1) is 0 Å². The highest BCUT2D eigenvalue weighted by Gasteiger charge is 2.25. The summed E-state index contributed by atoms with van der Waals surface area (Å²) in [6.45, 7) is 0. The lowest BCUT2D eigenvalue weighted by molar-refractivity contribution is 0.404. The summed E-state index contributed by atoms with van der Waals surface area (Å²) in [5.74, 6) is 1.82. The van der Waals surface area contributed by atoms with Gasteiger partial charge in [-0.05, 0) is 57.1 Å². The second-order valence-corrected chi connectivity index (χ2v) is 8.23. The molecule has 0 heterocycles. The molecule has 0 bridgehead atoms. The Hall–Kier alpha value is -4.24. The maximum Gasteiger partial charge on any atom is 0.138 e. The van der Waals surface area contributed by atoms with Crippen LogP contribution in [0.25, 0.3) is 54.6 Å². The fraction of sp³-hybridized carbons (Fsp3) is 0.0667. The van der Waals surface area contributed by atoms with Crippen LogP contribution in [0.2, 0.25) is 0 Å². The number of benzene rings is 6. The Labute approximate surface area is 191 Å². The van der Waals surface area contributed by atoms with Crippen LogP contribution in [-0.2, 0) is 0 Å². The summed E-state index contributed by atoms with van der Waals surface area (Å²) >= 11 is 0. The smallest absolute Gasteiger partial charge is 0.138 e. The summed E-state index contributed by atoms with van der Waals surface area (Å²) in [7, 11) is 3.43. The summed E-state index contributed by atoms with van der Waals surface area (Å²) in [5, 5.41) is 16.6. The van der Waals surface area contributed by atoms with E-state index in [0.717, 1.165) is 66.1 Å². The van der Waals surface area contributed by atoms with Gasteiger partial charge >= 0.3 is 0 Å². The van der Waals surface area contributed by atoms with E-state index in [2.05, 4.69) is 42.5 Å². The Kier molecular flexibility index (Phi) is 4.37. The Morgan fingerprint density at radius 3 is 1.88 bits per heavy atom. The van der Waals surface area contributed by atoms with Gasteiger partial charge in [0, 0.05) is 16.2 Å². The highest BCUT2D eigenvalue weighted by atomic mass is 16.5. The Morgan fingerprint density at radius 2 is 1.21 bits per heavy atom.